The number of anilines is 1. The molecule has 1 aromatic carbocycles. The molecule has 0 saturated carbocycles. The van der Waals surface area contributed by atoms with Gasteiger partial charge in [0.25, 0.3) is 0 Å². The summed E-state index contributed by atoms with van der Waals surface area (Å²) in [4.78, 5) is 21.0. The van der Waals surface area contributed by atoms with Gasteiger partial charge in [0.2, 0.25) is 17.6 Å². The largest absolute Gasteiger partial charge is 0.485 e. The van der Waals surface area contributed by atoms with Crippen LogP contribution in [0.3, 0.4) is 0 Å². The van der Waals surface area contributed by atoms with Crippen molar-refractivity contribution in [2.75, 3.05) is 31.6 Å². The Balaban J connectivity index is 1.31. The molecule has 1 aliphatic rings. The maximum absolute atomic E-state index is 12.6. The van der Waals surface area contributed by atoms with Crippen LogP contribution in [0.25, 0.3) is 11.4 Å². The van der Waals surface area contributed by atoms with E-state index >= 15 is 0 Å². The van der Waals surface area contributed by atoms with Crippen LogP contribution in [0.5, 0.6) is 5.75 Å². The van der Waals surface area contributed by atoms with E-state index in [-0.39, 0.29) is 12.0 Å². The third-order valence-electron chi connectivity index (χ3n) is 5.01. The lowest BCUT2D eigenvalue weighted by Gasteiger charge is -2.37. The van der Waals surface area contributed by atoms with Crippen LogP contribution < -0.4 is 9.64 Å². The lowest BCUT2D eigenvalue weighted by molar-refractivity contribution is -0.131. The summed E-state index contributed by atoms with van der Waals surface area (Å²) in [6, 6.07) is 9.98. The van der Waals surface area contributed by atoms with Crippen LogP contribution in [0.15, 0.2) is 45.6 Å². The number of hydrogen-bond acceptors (Lipinski definition) is 7. The van der Waals surface area contributed by atoms with Crippen molar-refractivity contribution in [1.82, 2.24) is 15.0 Å². The van der Waals surface area contributed by atoms with Crippen molar-refractivity contribution in [3.8, 4) is 17.1 Å². The van der Waals surface area contributed by atoms with E-state index in [1.165, 1.54) is 0 Å². The highest BCUT2D eigenvalue weighted by molar-refractivity contribution is 7.08. The molecule has 4 rings (SSSR count). The molecule has 0 aliphatic carbocycles. The van der Waals surface area contributed by atoms with Gasteiger partial charge in [0.15, 0.2) is 0 Å². The van der Waals surface area contributed by atoms with Crippen LogP contribution in [-0.2, 0) is 11.2 Å². The van der Waals surface area contributed by atoms with E-state index in [2.05, 4.69) is 28.0 Å². The molecule has 29 heavy (non-hydrogen) atoms. The van der Waals surface area contributed by atoms with Gasteiger partial charge in [-0.15, -0.1) is 0 Å². The summed E-state index contributed by atoms with van der Waals surface area (Å²) in [6.45, 7) is 4.33. The zero-order chi connectivity index (χ0) is 20.2. The molecule has 0 N–H and O–H groups in total. The fourth-order valence-electron chi connectivity index (χ4n) is 3.45. The molecule has 3 heterocycles. The molecule has 2 aromatic heterocycles. The molecule has 0 radical (unpaired) electrons. The van der Waals surface area contributed by atoms with Gasteiger partial charge in [0.1, 0.15) is 11.9 Å². The monoisotopic (exact) mass is 412 g/mol. The second kappa shape index (κ2) is 8.65. The molecule has 1 atom stereocenters. The Morgan fingerprint density at radius 3 is 3.00 bits per heavy atom. The second-order valence-corrected chi connectivity index (χ2v) is 7.82. The van der Waals surface area contributed by atoms with Crippen LogP contribution in [-0.4, -0.2) is 53.7 Å². The van der Waals surface area contributed by atoms with E-state index in [9.17, 15) is 4.79 Å². The number of carbonyl (C=O) groups is 1. The number of likely N-dealkylation sites (N-methyl/N-ethyl adjacent to an activating group) is 2. The molecule has 0 spiro atoms. The number of para-hydroxylation sites is 2. The van der Waals surface area contributed by atoms with E-state index < -0.39 is 0 Å². The zero-order valence-corrected chi connectivity index (χ0v) is 17.4. The number of rotatable bonds is 7. The van der Waals surface area contributed by atoms with Crippen molar-refractivity contribution < 1.29 is 14.1 Å². The van der Waals surface area contributed by atoms with E-state index in [4.69, 9.17) is 9.26 Å². The van der Waals surface area contributed by atoms with Gasteiger partial charge in [0.05, 0.1) is 18.8 Å². The number of aromatic nitrogens is 2. The summed E-state index contributed by atoms with van der Waals surface area (Å²) in [6.07, 6.45) is 0.686. The zero-order valence-electron chi connectivity index (χ0n) is 16.6. The third kappa shape index (κ3) is 4.42. The predicted octanol–water partition coefficient (Wildman–Crippen LogP) is 3.48. The number of carbonyl (C=O) groups excluding carboxylic acids is 1. The summed E-state index contributed by atoms with van der Waals surface area (Å²) < 4.78 is 11.4. The Kier molecular flexibility index (Phi) is 5.80. The Hall–Kier alpha value is -2.87. The van der Waals surface area contributed by atoms with Crippen molar-refractivity contribution in [1.29, 1.82) is 0 Å². The van der Waals surface area contributed by atoms with Gasteiger partial charge < -0.3 is 19.1 Å². The first-order valence-electron chi connectivity index (χ1n) is 9.73. The summed E-state index contributed by atoms with van der Waals surface area (Å²) in [5.74, 6) is 1.95. The first-order chi connectivity index (χ1) is 14.1. The molecule has 0 bridgehead atoms. The van der Waals surface area contributed by atoms with Crippen LogP contribution in [0.1, 0.15) is 19.2 Å². The van der Waals surface area contributed by atoms with Crippen LogP contribution >= 0.6 is 11.3 Å². The van der Waals surface area contributed by atoms with Crippen molar-refractivity contribution in [3.05, 3.63) is 47.0 Å². The number of ether oxygens (including phenoxy) is 1. The number of amides is 1. The number of thiophene rings is 1. The number of hydrogen-bond donors (Lipinski definition) is 0. The highest BCUT2D eigenvalue weighted by Gasteiger charge is 2.26. The normalized spacial score (nSPS) is 15.7. The van der Waals surface area contributed by atoms with Crippen molar-refractivity contribution >= 4 is 22.9 Å². The average Bonchev–Trinajstić information content (AvgIpc) is 3.43. The molecule has 1 amide bonds. The Morgan fingerprint density at radius 2 is 2.21 bits per heavy atom. The topological polar surface area (TPSA) is 71.7 Å². The molecule has 1 aliphatic heterocycles. The molecule has 7 nitrogen and oxygen atoms in total. The quantitative estimate of drug-likeness (QED) is 0.592. The van der Waals surface area contributed by atoms with Crippen molar-refractivity contribution in [3.63, 3.8) is 0 Å². The first kappa shape index (κ1) is 19.4. The van der Waals surface area contributed by atoms with Crippen LogP contribution in [0.2, 0.25) is 0 Å². The van der Waals surface area contributed by atoms with Gasteiger partial charge in [-0.2, -0.15) is 16.3 Å². The Bertz CT molecular complexity index is 957. The number of benzene rings is 1. The van der Waals surface area contributed by atoms with Gasteiger partial charge >= 0.3 is 0 Å². The smallest absolute Gasteiger partial charge is 0.227 e. The van der Waals surface area contributed by atoms with Gasteiger partial charge in [-0.3, -0.25) is 4.79 Å². The fraction of sp³-hybridized carbons (Fsp3) is 0.381. The number of fused-ring (bicyclic) bond motifs is 1. The molecule has 0 fully saturated rings. The maximum Gasteiger partial charge on any atom is 0.227 e. The molecule has 1 unspecified atom stereocenters. The third-order valence-corrected chi connectivity index (χ3v) is 5.69. The standard InChI is InChI=1S/C21H24N4O3S/c1-3-25-13-16(27-18-7-5-4-6-17(18)25)12-24(2)20(26)9-8-19-22-21(23-28-19)15-10-11-29-14-15/h4-7,10-11,14,16H,3,8-9,12-13H2,1-2H3. The summed E-state index contributed by atoms with van der Waals surface area (Å²) >= 11 is 1.58. The lowest BCUT2D eigenvalue weighted by atomic mass is 10.1. The van der Waals surface area contributed by atoms with Crippen LogP contribution in [0.4, 0.5) is 5.69 Å². The van der Waals surface area contributed by atoms with Gasteiger partial charge in [-0.1, -0.05) is 17.3 Å². The molecular weight excluding hydrogens is 388 g/mol. The van der Waals surface area contributed by atoms with Crippen LogP contribution in [0, 0.1) is 0 Å². The SMILES string of the molecule is CCN1CC(CN(C)C(=O)CCc2nc(-c3ccsc3)no2)Oc2ccccc21. The van der Waals surface area contributed by atoms with E-state index in [1.54, 1.807) is 16.2 Å². The minimum absolute atomic E-state index is 0.0331. The van der Waals surface area contributed by atoms with Crippen molar-refractivity contribution in [2.45, 2.75) is 25.9 Å². The minimum atomic E-state index is -0.0626. The van der Waals surface area contributed by atoms with E-state index in [1.807, 2.05) is 42.1 Å². The van der Waals surface area contributed by atoms with Gasteiger partial charge in [-0.25, -0.2) is 0 Å². The van der Waals surface area contributed by atoms with E-state index in [0.717, 1.165) is 30.1 Å². The maximum atomic E-state index is 12.6. The second-order valence-electron chi connectivity index (χ2n) is 7.04. The van der Waals surface area contributed by atoms with E-state index in [0.29, 0.717) is 31.1 Å². The Labute approximate surface area is 173 Å². The first-order valence-corrected chi connectivity index (χ1v) is 10.7. The lowest BCUT2D eigenvalue weighted by Crippen LogP contribution is -2.46. The molecule has 8 heteroatoms. The number of aryl methyl sites for hydroxylation is 1. The summed E-state index contributed by atoms with van der Waals surface area (Å²) in [5, 5.41) is 7.92. The molecule has 0 saturated heterocycles. The van der Waals surface area contributed by atoms with Gasteiger partial charge in [0, 0.05) is 37.4 Å². The average molecular weight is 413 g/mol. The fourth-order valence-corrected chi connectivity index (χ4v) is 4.09. The highest BCUT2D eigenvalue weighted by atomic mass is 32.1. The van der Waals surface area contributed by atoms with Gasteiger partial charge in [-0.05, 0) is 30.5 Å². The molecule has 152 valence electrons. The molecule has 3 aromatic rings. The number of nitrogens with zero attached hydrogens (tertiary/aromatic N) is 4. The Morgan fingerprint density at radius 1 is 1.34 bits per heavy atom. The highest BCUT2D eigenvalue weighted by Crippen LogP contribution is 2.32. The van der Waals surface area contributed by atoms with Crippen molar-refractivity contribution in [2.24, 2.45) is 0 Å². The summed E-state index contributed by atoms with van der Waals surface area (Å²) in [5.41, 5.74) is 2.04. The minimum Gasteiger partial charge on any atom is -0.485 e. The molecular formula is C21H24N4O3S. The summed E-state index contributed by atoms with van der Waals surface area (Å²) in [7, 11) is 1.81. The predicted molar refractivity (Wildman–Crippen MR) is 112 cm³/mol.